The van der Waals surface area contributed by atoms with Crippen LogP contribution in [0.15, 0.2) is 28.4 Å². The lowest BCUT2D eigenvalue weighted by Gasteiger charge is -2.23. The van der Waals surface area contributed by atoms with Gasteiger partial charge in [0.25, 0.3) is 10.1 Å². The Bertz CT molecular complexity index is 1300. The average molecular weight is 577 g/mol. The van der Waals surface area contributed by atoms with Gasteiger partial charge < -0.3 is 19.3 Å². The number of benzene rings is 1. The highest BCUT2D eigenvalue weighted by atomic mass is 32.2. The van der Waals surface area contributed by atoms with Crippen LogP contribution in [0.4, 0.5) is 16.4 Å². The number of nitrogens with zero attached hydrogens (tertiary/aromatic N) is 6. The molecule has 13 heteroatoms. The Kier molecular flexibility index (Phi) is 13.5. The van der Waals surface area contributed by atoms with Crippen molar-refractivity contribution in [1.29, 1.82) is 10.5 Å². The fourth-order valence-corrected chi connectivity index (χ4v) is 5.04. The van der Waals surface area contributed by atoms with E-state index >= 15 is 0 Å². The minimum atomic E-state index is -3.91. The molecule has 0 aliphatic carbocycles. The molecule has 11 nitrogen and oxygen atoms in total. The molecule has 0 unspecified atom stereocenters. The molecular weight excluding hydrogens is 540 g/mol. The topological polar surface area (TPSA) is 152 Å². The van der Waals surface area contributed by atoms with Gasteiger partial charge in [-0.25, -0.2) is 0 Å². The predicted octanol–water partition coefficient (Wildman–Crippen LogP) is 4.59. The van der Waals surface area contributed by atoms with Gasteiger partial charge in [0, 0.05) is 25.3 Å². The molecule has 212 valence electrons. The smallest absolute Gasteiger partial charge is 0.264 e. The van der Waals surface area contributed by atoms with E-state index < -0.39 is 10.1 Å². The molecule has 0 spiro atoms. The van der Waals surface area contributed by atoms with Gasteiger partial charge in [0.05, 0.1) is 43.4 Å². The first-order valence-corrected chi connectivity index (χ1v) is 15.0. The van der Waals surface area contributed by atoms with Crippen LogP contribution in [-0.2, 0) is 19.6 Å². The zero-order valence-corrected chi connectivity index (χ0v) is 24.5. The summed E-state index contributed by atoms with van der Waals surface area (Å²) in [5.41, 5.74) is 3.71. The summed E-state index contributed by atoms with van der Waals surface area (Å²) in [5, 5.41) is 27.6. The molecule has 2 aromatic rings. The van der Waals surface area contributed by atoms with Crippen molar-refractivity contribution in [2.75, 3.05) is 70.3 Å². The molecule has 0 radical (unpaired) electrons. The molecule has 1 heterocycles. The highest BCUT2D eigenvalue weighted by Crippen LogP contribution is 2.36. The largest absolute Gasteiger partial charge is 0.378 e. The molecule has 0 bridgehead atoms. The molecular formula is C26H36N6O5S2. The SMILES string of the molecule is CCN(CCOCCOCCN(C)CCCS(=O)(=O)O)c1ccc(N=Nc2sc(C#N)c(C)c2C#N)c(C)c1. The van der Waals surface area contributed by atoms with E-state index in [4.69, 9.17) is 14.0 Å². The summed E-state index contributed by atoms with van der Waals surface area (Å²) in [6.07, 6.45) is 0.376. The highest BCUT2D eigenvalue weighted by molar-refractivity contribution is 7.85. The highest BCUT2D eigenvalue weighted by Gasteiger charge is 2.15. The van der Waals surface area contributed by atoms with Crippen molar-refractivity contribution in [2.24, 2.45) is 10.2 Å². The van der Waals surface area contributed by atoms with E-state index in [1.165, 1.54) is 11.3 Å². The molecule has 0 atom stereocenters. The maximum Gasteiger partial charge on any atom is 0.264 e. The lowest BCUT2D eigenvalue weighted by atomic mass is 10.1. The van der Waals surface area contributed by atoms with Crippen molar-refractivity contribution in [1.82, 2.24) is 4.90 Å². The molecule has 39 heavy (non-hydrogen) atoms. The van der Waals surface area contributed by atoms with Crippen molar-refractivity contribution >= 4 is 37.8 Å². The van der Waals surface area contributed by atoms with Crippen molar-refractivity contribution in [3.8, 4) is 12.1 Å². The summed E-state index contributed by atoms with van der Waals surface area (Å²) in [6, 6.07) is 10.1. The maximum absolute atomic E-state index is 10.7. The number of hydrogen-bond donors (Lipinski definition) is 1. The molecule has 0 fully saturated rings. The Morgan fingerprint density at radius 2 is 1.72 bits per heavy atom. The quantitative estimate of drug-likeness (QED) is 0.162. The van der Waals surface area contributed by atoms with Gasteiger partial charge in [0.1, 0.15) is 17.0 Å². The first-order valence-electron chi connectivity index (χ1n) is 12.6. The molecule has 2 rings (SSSR count). The minimum absolute atomic E-state index is 0.236. The summed E-state index contributed by atoms with van der Waals surface area (Å²) >= 11 is 1.17. The third-order valence-corrected chi connectivity index (χ3v) is 7.84. The summed E-state index contributed by atoms with van der Waals surface area (Å²) in [7, 11) is -2.03. The average Bonchev–Trinajstić information content (AvgIpc) is 3.20. The first kappa shape index (κ1) is 32.3. The van der Waals surface area contributed by atoms with Gasteiger partial charge in [-0.2, -0.15) is 18.9 Å². The second-order valence-corrected chi connectivity index (χ2v) is 11.4. The van der Waals surface area contributed by atoms with E-state index in [1.807, 2.05) is 37.1 Å². The third-order valence-electron chi connectivity index (χ3n) is 5.95. The molecule has 0 amide bonds. The van der Waals surface area contributed by atoms with E-state index in [2.05, 4.69) is 34.2 Å². The van der Waals surface area contributed by atoms with E-state index in [1.54, 1.807) is 6.92 Å². The van der Waals surface area contributed by atoms with Crippen LogP contribution in [0.5, 0.6) is 0 Å². The van der Waals surface area contributed by atoms with Crippen molar-refractivity contribution in [3.63, 3.8) is 0 Å². The number of aryl methyl sites for hydroxylation is 1. The summed E-state index contributed by atoms with van der Waals surface area (Å²) in [5.74, 6) is -0.236. The second kappa shape index (κ2) is 16.3. The van der Waals surface area contributed by atoms with Crippen LogP contribution in [0.3, 0.4) is 0 Å². The van der Waals surface area contributed by atoms with Crippen LogP contribution in [0.2, 0.25) is 0 Å². The molecule has 0 saturated heterocycles. The summed E-state index contributed by atoms with van der Waals surface area (Å²) in [6.45, 7) is 10.5. The van der Waals surface area contributed by atoms with Gasteiger partial charge in [-0.3, -0.25) is 4.55 Å². The van der Waals surface area contributed by atoms with Crippen molar-refractivity contribution in [2.45, 2.75) is 27.2 Å². The van der Waals surface area contributed by atoms with E-state index in [-0.39, 0.29) is 5.75 Å². The van der Waals surface area contributed by atoms with Gasteiger partial charge in [-0.05, 0) is 70.1 Å². The minimum Gasteiger partial charge on any atom is -0.378 e. The molecule has 1 N–H and O–H groups in total. The Morgan fingerprint density at radius 3 is 2.31 bits per heavy atom. The number of rotatable bonds is 17. The Labute approximate surface area is 235 Å². The van der Waals surface area contributed by atoms with Gasteiger partial charge in [-0.1, -0.05) is 0 Å². The lowest BCUT2D eigenvalue weighted by molar-refractivity contribution is 0.0432. The van der Waals surface area contributed by atoms with Gasteiger partial charge in [0.15, 0.2) is 5.00 Å². The van der Waals surface area contributed by atoms with Crippen LogP contribution in [-0.4, -0.2) is 83.3 Å². The fraction of sp³-hybridized carbons (Fsp3) is 0.538. The summed E-state index contributed by atoms with van der Waals surface area (Å²) in [4.78, 5) is 4.63. The van der Waals surface area contributed by atoms with Crippen LogP contribution in [0.25, 0.3) is 0 Å². The van der Waals surface area contributed by atoms with Crippen LogP contribution in [0.1, 0.15) is 34.9 Å². The number of nitriles is 2. The summed E-state index contributed by atoms with van der Waals surface area (Å²) < 4.78 is 41.6. The van der Waals surface area contributed by atoms with Gasteiger partial charge in [0.2, 0.25) is 0 Å². The molecule has 0 aliphatic rings. The van der Waals surface area contributed by atoms with Crippen LogP contribution in [0, 0.1) is 36.5 Å². The normalized spacial score (nSPS) is 11.7. The number of anilines is 1. The monoisotopic (exact) mass is 576 g/mol. The number of thiophene rings is 1. The standard InChI is InChI=1S/C26H36N6O5S2/c1-5-32(11-13-37-15-14-36-12-10-31(4)9-6-16-39(33,34)35)22-7-8-24(20(2)17-22)29-30-26-23(18-27)21(3)25(19-28)38-26/h7-8,17H,5-6,9-16H2,1-4H3,(H,33,34,35). The van der Waals surface area contributed by atoms with Gasteiger partial charge in [-0.15, -0.1) is 21.6 Å². The Hall–Kier alpha value is -2.91. The van der Waals surface area contributed by atoms with Gasteiger partial charge >= 0.3 is 0 Å². The van der Waals surface area contributed by atoms with Crippen molar-refractivity contribution < 1.29 is 22.4 Å². The number of ether oxygens (including phenoxy) is 2. The van der Waals surface area contributed by atoms with E-state index in [0.29, 0.717) is 79.2 Å². The van der Waals surface area contributed by atoms with Crippen LogP contribution < -0.4 is 4.90 Å². The third kappa shape index (κ3) is 11.0. The Balaban J connectivity index is 1.75. The van der Waals surface area contributed by atoms with E-state index in [9.17, 15) is 18.9 Å². The maximum atomic E-state index is 10.7. The molecule has 1 aromatic carbocycles. The van der Waals surface area contributed by atoms with E-state index in [0.717, 1.165) is 17.8 Å². The molecule has 0 saturated carbocycles. The number of hydrogen-bond acceptors (Lipinski definition) is 11. The lowest BCUT2D eigenvalue weighted by Crippen LogP contribution is -2.28. The second-order valence-electron chi connectivity index (χ2n) is 8.88. The predicted molar refractivity (Wildman–Crippen MR) is 152 cm³/mol. The van der Waals surface area contributed by atoms with Crippen molar-refractivity contribution in [3.05, 3.63) is 39.8 Å². The fourth-order valence-electron chi connectivity index (χ4n) is 3.67. The Morgan fingerprint density at radius 1 is 1.03 bits per heavy atom. The molecule has 0 aliphatic heterocycles. The molecule has 1 aromatic heterocycles. The zero-order valence-electron chi connectivity index (χ0n) is 22.9. The number of likely N-dealkylation sites (N-methyl/N-ethyl adjacent to an activating group) is 2. The zero-order chi connectivity index (χ0) is 28.8. The van der Waals surface area contributed by atoms with Crippen LogP contribution >= 0.6 is 11.3 Å². The first-order chi connectivity index (χ1) is 18.6. The number of azo groups is 1.